The molecule has 18 heavy (non-hydrogen) atoms. The molecule has 0 aromatic carbocycles. The van der Waals surface area contributed by atoms with Crippen molar-refractivity contribution in [2.75, 3.05) is 7.11 Å². The number of hydrogen-bond acceptors (Lipinski definition) is 4. The molecule has 0 spiro atoms. The molecule has 0 aliphatic rings. The standard InChI is InChI=1S/C12H13N3O3/c1-3-15-7-8(6-13-15)10-4-9(18-2)5-11(14-10)12(16)17/h4-7H,3H2,1-2H3,(H,16,17). The third-order valence-electron chi connectivity index (χ3n) is 2.51. The molecule has 1 N–H and O–H groups in total. The van der Waals surface area contributed by atoms with Crippen LogP contribution in [0.4, 0.5) is 0 Å². The van der Waals surface area contributed by atoms with E-state index >= 15 is 0 Å². The molecular formula is C12H13N3O3. The maximum Gasteiger partial charge on any atom is 0.354 e. The van der Waals surface area contributed by atoms with E-state index in [2.05, 4.69) is 10.1 Å². The Hall–Kier alpha value is -2.37. The zero-order valence-electron chi connectivity index (χ0n) is 10.1. The third kappa shape index (κ3) is 2.32. The average molecular weight is 247 g/mol. The van der Waals surface area contributed by atoms with Gasteiger partial charge in [-0.25, -0.2) is 9.78 Å². The molecule has 0 unspecified atom stereocenters. The molecule has 94 valence electrons. The van der Waals surface area contributed by atoms with Gasteiger partial charge in [-0.05, 0) is 6.92 Å². The second-order valence-corrected chi connectivity index (χ2v) is 3.67. The summed E-state index contributed by atoms with van der Waals surface area (Å²) in [7, 11) is 1.49. The second kappa shape index (κ2) is 4.87. The summed E-state index contributed by atoms with van der Waals surface area (Å²) in [5.41, 5.74) is 1.25. The summed E-state index contributed by atoms with van der Waals surface area (Å²) in [6, 6.07) is 3.07. The van der Waals surface area contributed by atoms with Crippen LogP contribution < -0.4 is 4.74 Å². The van der Waals surface area contributed by atoms with Crippen LogP contribution in [0.2, 0.25) is 0 Å². The van der Waals surface area contributed by atoms with Crippen molar-refractivity contribution in [2.24, 2.45) is 0 Å². The maximum atomic E-state index is 11.0. The summed E-state index contributed by atoms with van der Waals surface area (Å²) in [4.78, 5) is 15.0. The highest BCUT2D eigenvalue weighted by Crippen LogP contribution is 2.22. The molecule has 0 saturated carbocycles. The fourth-order valence-electron chi connectivity index (χ4n) is 1.55. The van der Waals surface area contributed by atoms with Gasteiger partial charge in [0, 0.05) is 30.4 Å². The largest absolute Gasteiger partial charge is 0.497 e. The van der Waals surface area contributed by atoms with Gasteiger partial charge in [0.05, 0.1) is 19.0 Å². The van der Waals surface area contributed by atoms with Gasteiger partial charge in [-0.2, -0.15) is 5.10 Å². The molecular weight excluding hydrogens is 234 g/mol. The van der Waals surface area contributed by atoms with Crippen molar-refractivity contribution in [1.82, 2.24) is 14.8 Å². The van der Waals surface area contributed by atoms with E-state index < -0.39 is 5.97 Å². The Labute approximate surface area is 104 Å². The predicted octanol–water partition coefficient (Wildman–Crippen LogP) is 1.67. The van der Waals surface area contributed by atoms with Gasteiger partial charge in [0.15, 0.2) is 5.69 Å². The van der Waals surface area contributed by atoms with Crippen LogP contribution in [0, 0.1) is 0 Å². The topological polar surface area (TPSA) is 77.2 Å². The Balaban J connectivity index is 2.49. The molecule has 0 radical (unpaired) electrons. The maximum absolute atomic E-state index is 11.0. The summed E-state index contributed by atoms with van der Waals surface area (Å²) >= 11 is 0. The Morgan fingerprint density at radius 1 is 1.50 bits per heavy atom. The lowest BCUT2D eigenvalue weighted by atomic mass is 10.2. The quantitative estimate of drug-likeness (QED) is 0.889. The number of carbonyl (C=O) groups is 1. The third-order valence-corrected chi connectivity index (χ3v) is 2.51. The van der Waals surface area contributed by atoms with Crippen LogP contribution in [0.5, 0.6) is 5.75 Å². The van der Waals surface area contributed by atoms with Crippen molar-refractivity contribution in [1.29, 1.82) is 0 Å². The van der Waals surface area contributed by atoms with E-state index in [4.69, 9.17) is 9.84 Å². The fraction of sp³-hybridized carbons (Fsp3) is 0.250. The van der Waals surface area contributed by atoms with Crippen LogP contribution in [-0.4, -0.2) is 33.0 Å². The van der Waals surface area contributed by atoms with Gasteiger partial charge < -0.3 is 9.84 Å². The van der Waals surface area contributed by atoms with Crippen LogP contribution >= 0.6 is 0 Å². The molecule has 2 aromatic heterocycles. The van der Waals surface area contributed by atoms with Gasteiger partial charge in [0.25, 0.3) is 0 Å². The summed E-state index contributed by atoms with van der Waals surface area (Å²) in [5, 5.41) is 13.1. The molecule has 2 rings (SSSR count). The number of aromatic carboxylic acids is 1. The number of nitrogens with zero attached hydrogens (tertiary/aromatic N) is 3. The first kappa shape index (κ1) is 12.1. The Morgan fingerprint density at radius 2 is 2.28 bits per heavy atom. The highest BCUT2D eigenvalue weighted by molar-refractivity contribution is 5.86. The summed E-state index contributed by atoms with van der Waals surface area (Å²) in [6.45, 7) is 2.72. The number of aryl methyl sites for hydroxylation is 1. The van der Waals surface area contributed by atoms with Crippen molar-refractivity contribution in [3.63, 3.8) is 0 Å². The summed E-state index contributed by atoms with van der Waals surface area (Å²) in [6.07, 6.45) is 3.46. The van der Waals surface area contributed by atoms with E-state index in [1.807, 2.05) is 13.1 Å². The van der Waals surface area contributed by atoms with Crippen molar-refractivity contribution in [3.05, 3.63) is 30.2 Å². The molecule has 0 atom stereocenters. The van der Waals surface area contributed by atoms with Crippen LogP contribution in [0.15, 0.2) is 24.5 Å². The SMILES string of the molecule is CCn1cc(-c2cc(OC)cc(C(=O)O)n2)cn1. The molecule has 0 amide bonds. The number of rotatable bonds is 4. The van der Waals surface area contributed by atoms with E-state index in [9.17, 15) is 4.79 Å². The monoisotopic (exact) mass is 247 g/mol. The first-order chi connectivity index (χ1) is 8.63. The molecule has 6 nitrogen and oxygen atoms in total. The normalized spacial score (nSPS) is 10.3. The number of carboxylic acids is 1. The van der Waals surface area contributed by atoms with Gasteiger partial charge in [0.1, 0.15) is 5.75 Å². The Kier molecular flexibility index (Phi) is 3.27. The lowest BCUT2D eigenvalue weighted by Crippen LogP contribution is -2.02. The van der Waals surface area contributed by atoms with E-state index in [1.165, 1.54) is 13.2 Å². The molecule has 2 heterocycles. The minimum absolute atomic E-state index is 0.0476. The number of ether oxygens (including phenoxy) is 1. The first-order valence-electron chi connectivity index (χ1n) is 5.46. The highest BCUT2D eigenvalue weighted by Gasteiger charge is 2.11. The zero-order chi connectivity index (χ0) is 13.1. The van der Waals surface area contributed by atoms with E-state index in [0.29, 0.717) is 11.4 Å². The Morgan fingerprint density at radius 3 is 2.83 bits per heavy atom. The zero-order valence-corrected chi connectivity index (χ0v) is 10.1. The van der Waals surface area contributed by atoms with Gasteiger partial charge in [-0.1, -0.05) is 0 Å². The van der Waals surface area contributed by atoms with Gasteiger partial charge in [0.2, 0.25) is 0 Å². The Bertz CT molecular complexity index is 578. The van der Waals surface area contributed by atoms with Gasteiger partial charge >= 0.3 is 5.97 Å². The van der Waals surface area contributed by atoms with E-state index in [1.54, 1.807) is 16.9 Å². The number of aromatic nitrogens is 3. The van der Waals surface area contributed by atoms with Crippen molar-refractivity contribution in [3.8, 4) is 17.0 Å². The van der Waals surface area contributed by atoms with Gasteiger partial charge in [-0.3, -0.25) is 4.68 Å². The predicted molar refractivity (Wildman–Crippen MR) is 64.6 cm³/mol. The van der Waals surface area contributed by atoms with Crippen LogP contribution in [-0.2, 0) is 6.54 Å². The summed E-state index contributed by atoms with van der Waals surface area (Å²) < 4.78 is 6.82. The summed E-state index contributed by atoms with van der Waals surface area (Å²) in [5.74, 6) is -0.625. The van der Waals surface area contributed by atoms with Crippen molar-refractivity contribution >= 4 is 5.97 Å². The molecule has 0 fully saturated rings. The number of pyridine rings is 1. The van der Waals surface area contributed by atoms with E-state index in [-0.39, 0.29) is 5.69 Å². The molecule has 6 heteroatoms. The van der Waals surface area contributed by atoms with Crippen molar-refractivity contribution < 1.29 is 14.6 Å². The molecule has 2 aromatic rings. The minimum Gasteiger partial charge on any atom is -0.497 e. The molecule has 0 bridgehead atoms. The second-order valence-electron chi connectivity index (χ2n) is 3.67. The lowest BCUT2D eigenvalue weighted by molar-refractivity contribution is 0.0690. The van der Waals surface area contributed by atoms with E-state index in [0.717, 1.165) is 12.1 Å². The highest BCUT2D eigenvalue weighted by atomic mass is 16.5. The smallest absolute Gasteiger partial charge is 0.354 e. The van der Waals surface area contributed by atoms with Crippen LogP contribution in [0.25, 0.3) is 11.3 Å². The number of methoxy groups -OCH3 is 1. The molecule has 0 aliphatic carbocycles. The first-order valence-corrected chi connectivity index (χ1v) is 5.46. The number of carboxylic acid groups (broad SMARTS) is 1. The molecule has 0 aliphatic heterocycles. The van der Waals surface area contributed by atoms with Crippen molar-refractivity contribution in [2.45, 2.75) is 13.5 Å². The average Bonchev–Trinajstić information content (AvgIpc) is 2.86. The fourth-order valence-corrected chi connectivity index (χ4v) is 1.55. The van der Waals surface area contributed by atoms with Crippen LogP contribution in [0.3, 0.4) is 0 Å². The van der Waals surface area contributed by atoms with Crippen LogP contribution in [0.1, 0.15) is 17.4 Å². The van der Waals surface area contributed by atoms with Gasteiger partial charge in [-0.15, -0.1) is 0 Å². The number of hydrogen-bond donors (Lipinski definition) is 1. The lowest BCUT2D eigenvalue weighted by Gasteiger charge is -2.04. The molecule has 0 saturated heterocycles. The minimum atomic E-state index is -1.09.